The Bertz CT molecular complexity index is 2510. The molecule has 6 rings (SSSR count). The van der Waals surface area contributed by atoms with E-state index in [1.165, 1.54) is 26.0 Å². The largest absolute Gasteiger partial charge is 0.480 e. The summed E-state index contributed by atoms with van der Waals surface area (Å²) in [7, 11) is 0. The van der Waals surface area contributed by atoms with E-state index in [0.717, 1.165) is 47.0 Å². The molecule has 2 aliphatic rings. The minimum atomic E-state index is -4.70. The lowest BCUT2D eigenvalue weighted by Gasteiger charge is -2.30. The molecule has 4 aromatic heterocycles. The van der Waals surface area contributed by atoms with Crippen molar-refractivity contribution in [2.24, 2.45) is 5.73 Å². The first-order valence-corrected chi connectivity index (χ1v) is 21.6. The van der Waals surface area contributed by atoms with E-state index in [1.807, 2.05) is 0 Å². The Morgan fingerprint density at radius 3 is 1.37 bits per heavy atom. The molecular formula is C45H51F10N9O7. The molecule has 388 valence electrons. The molecule has 0 saturated carbocycles. The number of carboxylic acids is 1. The Kier molecular flexibility index (Phi) is 18.2. The van der Waals surface area contributed by atoms with Gasteiger partial charge in [-0.25, -0.2) is 51.9 Å². The summed E-state index contributed by atoms with van der Waals surface area (Å²) in [6.45, 7) is 12.9. The van der Waals surface area contributed by atoms with E-state index >= 15 is 0 Å². The molecule has 3 N–H and O–H groups in total. The van der Waals surface area contributed by atoms with Gasteiger partial charge in [0.15, 0.2) is 5.78 Å². The summed E-state index contributed by atoms with van der Waals surface area (Å²) in [5, 5.41) is 8.95. The summed E-state index contributed by atoms with van der Waals surface area (Å²) in [4.78, 5) is 70.9. The van der Waals surface area contributed by atoms with Crippen LogP contribution < -0.4 is 5.73 Å². The van der Waals surface area contributed by atoms with Crippen LogP contribution in [0.3, 0.4) is 0 Å². The summed E-state index contributed by atoms with van der Waals surface area (Å²) in [5.41, 5.74) is 4.82. The van der Waals surface area contributed by atoms with Crippen molar-refractivity contribution in [3.8, 4) is 22.5 Å². The molecule has 26 heteroatoms. The minimum Gasteiger partial charge on any atom is -0.480 e. The molecule has 6 atom stereocenters. The van der Waals surface area contributed by atoms with Gasteiger partial charge in [-0.1, -0.05) is 0 Å². The van der Waals surface area contributed by atoms with Crippen LogP contribution in [0.5, 0.6) is 0 Å². The molecule has 0 bridgehead atoms. The molecule has 2 amide bonds. The summed E-state index contributed by atoms with van der Waals surface area (Å²) < 4.78 is 141. The van der Waals surface area contributed by atoms with E-state index in [2.05, 4.69) is 29.9 Å². The van der Waals surface area contributed by atoms with Crippen molar-refractivity contribution in [2.75, 3.05) is 0 Å². The molecule has 0 unspecified atom stereocenters. The number of nitrogens with two attached hydrogens (primary N) is 1. The number of hydrogen-bond acceptors (Lipinski definition) is 13. The van der Waals surface area contributed by atoms with Gasteiger partial charge in [0.1, 0.15) is 41.2 Å². The van der Waals surface area contributed by atoms with E-state index in [-0.39, 0.29) is 65.9 Å². The smallest absolute Gasteiger partial charge is 0.451 e. The lowest BCUT2D eigenvalue weighted by Crippen LogP contribution is -2.47. The predicted octanol–water partition coefficient (Wildman–Crippen LogP) is 8.90. The number of ketones is 1. The number of alkyl halides is 8. The first-order chi connectivity index (χ1) is 32.7. The van der Waals surface area contributed by atoms with Gasteiger partial charge in [-0.2, -0.15) is 26.3 Å². The number of likely N-dealkylation sites (tertiary alicyclic amines) is 2. The number of carbonyl (C=O) groups is 4. The third-order valence-corrected chi connectivity index (χ3v) is 10.5. The maximum atomic E-state index is 14.4. The number of pyridine rings is 2. The van der Waals surface area contributed by atoms with Crippen LogP contribution in [0.4, 0.5) is 53.5 Å². The van der Waals surface area contributed by atoms with E-state index < -0.39 is 107 Å². The van der Waals surface area contributed by atoms with Gasteiger partial charge in [-0.05, 0) is 79.5 Å². The zero-order valence-corrected chi connectivity index (χ0v) is 39.4. The number of hydrogen-bond donors (Lipinski definition) is 2. The Hall–Kier alpha value is -6.60. The van der Waals surface area contributed by atoms with E-state index in [0.29, 0.717) is 0 Å². The second-order valence-electron chi connectivity index (χ2n) is 18.2. The lowest BCUT2D eigenvalue weighted by atomic mass is 10.0. The number of aryl methyl sites for hydroxylation is 1. The quantitative estimate of drug-likeness (QED) is 0.158. The van der Waals surface area contributed by atoms with Crippen LogP contribution in [-0.2, 0) is 44.4 Å². The molecule has 0 radical (unpaired) electrons. The number of aromatic nitrogens is 6. The zero-order valence-electron chi connectivity index (χ0n) is 39.4. The maximum Gasteiger partial charge on any atom is 0.451 e. The van der Waals surface area contributed by atoms with Crippen LogP contribution in [0.1, 0.15) is 97.4 Å². The molecular weight excluding hydrogens is 969 g/mol. The highest BCUT2D eigenvalue weighted by Gasteiger charge is 2.48. The number of Topliss-reactive ketones (excluding diaryl/α,β-unsaturated/α-hetero) is 1. The van der Waals surface area contributed by atoms with Crippen molar-refractivity contribution in [3.63, 3.8) is 0 Å². The Balaban J connectivity index is 0.000000256. The van der Waals surface area contributed by atoms with Gasteiger partial charge < -0.3 is 20.3 Å². The van der Waals surface area contributed by atoms with Gasteiger partial charge in [-0.3, -0.25) is 24.6 Å². The normalized spacial score (nSPS) is 20.3. The molecule has 0 aliphatic carbocycles. The van der Waals surface area contributed by atoms with Crippen LogP contribution >= 0.6 is 0 Å². The van der Waals surface area contributed by atoms with Crippen LogP contribution in [0.25, 0.3) is 22.5 Å². The molecule has 2 fully saturated rings. The zero-order chi connectivity index (χ0) is 53.6. The first-order valence-electron chi connectivity index (χ1n) is 21.6. The number of carbonyl (C=O) groups excluding carboxylic acids is 3. The van der Waals surface area contributed by atoms with Gasteiger partial charge in [0, 0.05) is 67.3 Å². The van der Waals surface area contributed by atoms with Crippen LogP contribution in [0.15, 0.2) is 49.3 Å². The third-order valence-electron chi connectivity index (χ3n) is 10.5. The number of aliphatic carboxylic acids is 1. The van der Waals surface area contributed by atoms with Gasteiger partial charge in [0.2, 0.25) is 11.6 Å². The van der Waals surface area contributed by atoms with E-state index in [4.69, 9.17) is 20.3 Å². The molecule has 0 aromatic carbocycles. The van der Waals surface area contributed by atoms with E-state index in [1.54, 1.807) is 41.5 Å². The van der Waals surface area contributed by atoms with Crippen molar-refractivity contribution >= 4 is 23.9 Å². The fourth-order valence-electron chi connectivity index (χ4n) is 6.95. The van der Waals surface area contributed by atoms with Crippen LogP contribution in [0, 0.1) is 11.6 Å². The molecule has 4 aromatic rings. The molecule has 2 saturated heterocycles. The summed E-state index contributed by atoms with van der Waals surface area (Å²) in [6.07, 6.45) is -8.65. The standard InChI is InChI=1S/C23H25F5N4O3.C11H8F4N4.C11H18FNO4/c1-12-15(24)8-18(32(12)21(34)35-22(2,3)4)19(33)6-5-13-7-17(29-11-16(13)25)14-9-30-20(31-10-14)23(26,27)28;12-8-5-17-9(1-6(8)2-16)7-3-18-10(19-4-7)11(13,14)15;1-6-7(12)5-8(9(14)15)13(6)10(16)17-11(2,3)4/h7,9-12,15,18H,5-6,8H2,1-4H3;1,3-5H,2,16H2;6-8H,5H2,1-4H3,(H,14,15)/t12-,15+,18-;;6-,7+,8-/m0.0/s1. The van der Waals surface area contributed by atoms with Crippen molar-refractivity contribution in [2.45, 2.75) is 148 Å². The van der Waals surface area contributed by atoms with Gasteiger partial charge in [-0.15, -0.1) is 0 Å². The average Bonchev–Trinajstić information content (AvgIpc) is 3.75. The van der Waals surface area contributed by atoms with Crippen LogP contribution in [0.2, 0.25) is 0 Å². The highest BCUT2D eigenvalue weighted by Crippen LogP contribution is 2.33. The highest BCUT2D eigenvalue weighted by atomic mass is 19.4. The Labute approximate surface area is 400 Å². The maximum absolute atomic E-state index is 14.4. The number of carboxylic acid groups (broad SMARTS) is 1. The second kappa shape index (κ2) is 22.6. The molecule has 16 nitrogen and oxygen atoms in total. The van der Waals surface area contributed by atoms with Crippen molar-refractivity contribution in [3.05, 3.63) is 83.7 Å². The van der Waals surface area contributed by atoms with Gasteiger partial charge in [0.25, 0.3) is 0 Å². The Morgan fingerprint density at radius 1 is 0.634 bits per heavy atom. The second-order valence-corrected chi connectivity index (χ2v) is 18.2. The lowest BCUT2D eigenvalue weighted by molar-refractivity contribution is -0.145. The number of ether oxygens (including phenoxy) is 2. The molecule has 0 spiro atoms. The first kappa shape index (κ1) is 57.0. The van der Waals surface area contributed by atoms with E-state index in [9.17, 15) is 63.1 Å². The Morgan fingerprint density at radius 2 is 1.00 bits per heavy atom. The topological polar surface area (TPSA) is 217 Å². The monoisotopic (exact) mass is 1020 g/mol. The SMILES string of the molecule is C[C@H]1[C@H](F)C[C@@H](C(=O)CCc2cc(-c3cnc(C(F)(F)F)nc3)ncc2F)N1C(=O)OC(C)(C)C.C[C@H]1[C@H](F)C[C@@H](C(=O)O)N1C(=O)OC(C)(C)C.NCc1cc(-c2cnc(C(F)(F)F)nc2)ncc1F. The predicted molar refractivity (Wildman–Crippen MR) is 231 cm³/mol. The fraction of sp³-hybridized carbons (Fsp3) is 0.511. The minimum absolute atomic E-state index is 0.0388. The van der Waals surface area contributed by atoms with Crippen molar-refractivity contribution in [1.29, 1.82) is 0 Å². The number of nitrogens with zero attached hydrogens (tertiary/aromatic N) is 8. The number of amides is 2. The van der Waals surface area contributed by atoms with Crippen molar-refractivity contribution < 1.29 is 77.7 Å². The fourth-order valence-corrected chi connectivity index (χ4v) is 6.95. The summed E-state index contributed by atoms with van der Waals surface area (Å²) in [5.74, 6) is -5.51. The number of rotatable bonds is 8. The molecule has 6 heterocycles. The summed E-state index contributed by atoms with van der Waals surface area (Å²) in [6, 6.07) is -1.19. The van der Waals surface area contributed by atoms with Crippen molar-refractivity contribution in [1.82, 2.24) is 39.7 Å². The average molecular weight is 1020 g/mol. The summed E-state index contributed by atoms with van der Waals surface area (Å²) >= 11 is 0. The molecule has 2 aliphatic heterocycles. The highest BCUT2D eigenvalue weighted by molar-refractivity contribution is 5.88. The third kappa shape index (κ3) is 15.4. The molecule has 71 heavy (non-hydrogen) atoms. The van der Waals surface area contributed by atoms with Crippen LogP contribution in [-0.4, -0.2) is 116 Å². The van der Waals surface area contributed by atoms with Gasteiger partial charge in [0.05, 0.1) is 41.9 Å². The number of halogens is 10. The van der Waals surface area contributed by atoms with Gasteiger partial charge >= 0.3 is 30.5 Å².